The Labute approximate surface area is 168 Å². The van der Waals surface area contributed by atoms with Crippen molar-refractivity contribution in [3.05, 3.63) is 102 Å². The van der Waals surface area contributed by atoms with Gasteiger partial charge in [0.05, 0.1) is 17.4 Å². The van der Waals surface area contributed by atoms with Gasteiger partial charge in [-0.1, -0.05) is 30.3 Å². The second-order valence-electron chi connectivity index (χ2n) is 6.87. The fourth-order valence-corrected chi connectivity index (χ4v) is 3.35. The van der Waals surface area contributed by atoms with Gasteiger partial charge in [0.1, 0.15) is 11.4 Å². The van der Waals surface area contributed by atoms with Crippen LogP contribution >= 0.6 is 0 Å². The van der Waals surface area contributed by atoms with Gasteiger partial charge in [-0.25, -0.2) is 9.07 Å². The lowest BCUT2D eigenvalue weighted by Gasteiger charge is -2.16. The predicted octanol–water partition coefficient (Wildman–Crippen LogP) is 4.60. The molecule has 2 aromatic heterocycles. The molecule has 0 fully saturated rings. The number of hydrogen-bond donors (Lipinski definition) is 1. The Balaban J connectivity index is 1.77. The molecular formula is C23H21FN4O. The number of nitrogens with zero attached hydrogens (tertiary/aromatic N) is 3. The van der Waals surface area contributed by atoms with Crippen LogP contribution in [0.15, 0.2) is 79.1 Å². The highest BCUT2D eigenvalue weighted by atomic mass is 19.1. The number of rotatable bonds is 5. The molecule has 4 rings (SSSR count). The topological polar surface area (TPSA) is 51.9 Å². The summed E-state index contributed by atoms with van der Waals surface area (Å²) in [7, 11) is 0. The van der Waals surface area contributed by atoms with Gasteiger partial charge in [-0.15, -0.1) is 0 Å². The number of carbonyl (C=O) groups is 1. The van der Waals surface area contributed by atoms with Gasteiger partial charge in [0.15, 0.2) is 5.82 Å². The van der Waals surface area contributed by atoms with Crippen LogP contribution in [0.5, 0.6) is 0 Å². The number of amides is 1. The molecule has 2 aromatic carbocycles. The van der Waals surface area contributed by atoms with E-state index in [2.05, 4.69) is 10.4 Å². The standard InChI is InChI=1S/C23H21FN4O/c1-16(18-8-4-3-5-9-18)25-22(29)21-17(2)26-28(20-12-10-19(24)11-13-20)23(21)27-14-6-7-15-27/h3-16H,1-2H3,(H,25,29)/t16-/m1/s1. The molecule has 0 bridgehead atoms. The molecule has 4 aromatic rings. The zero-order valence-corrected chi connectivity index (χ0v) is 16.2. The monoisotopic (exact) mass is 388 g/mol. The largest absolute Gasteiger partial charge is 0.345 e. The Morgan fingerprint density at radius 3 is 2.31 bits per heavy atom. The highest BCUT2D eigenvalue weighted by molar-refractivity contribution is 5.99. The second kappa shape index (κ2) is 7.75. The minimum Gasteiger partial charge on any atom is -0.345 e. The summed E-state index contributed by atoms with van der Waals surface area (Å²) in [4.78, 5) is 13.2. The molecule has 0 radical (unpaired) electrons. The van der Waals surface area contributed by atoms with Gasteiger partial charge in [0.25, 0.3) is 5.91 Å². The predicted molar refractivity (Wildman–Crippen MR) is 110 cm³/mol. The molecule has 0 aliphatic carbocycles. The van der Waals surface area contributed by atoms with Crippen LogP contribution in [0.1, 0.15) is 34.6 Å². The SMILES string of the molecule is Cc1nn(-c2ccc(F)cc2)c(-n2cccc2)c1C(=O)N[C@H](C)c1ccccc1. The molecule has 1 atom stereocenters. The van der Waals surface area contributed by atoms with Gasteiger partial charge in [-0.3, -0.25) is 4.79 Å². The molecule has 0 aliphatic heterocycles. The first-order valence-electron chi connectivity index (χ1n) is 9.39. The van der Waals surface area contributed by atoms with Crippen LogP contribution in [0.4, 0.5) is 4.39 Å². The van der Waals surface area contributed by atoms with Crippen molar-refractivity contribution in [3.8, 4) is 11.5 Å². The number of aryl methyl sites for hydroxylation is 1. The molecule has 146 valence electrons. The summed E-state index contributed by atoms with van der Waals surface area (Å²) in [5.74, 6) is 0.0718. The van der Waals surface area contributed by atoms with Crippen molar-refractivity contribution in [2.75, 3.05) is 0 Å². The van der Waals surface area contributed by atoms with E-state index in [0.29, 0.717) is 22.8 Å². The average Bonchev–Trinajstić information content (AvgIpc) is 3.36. The normalized spacial score (nSPS) is 12.0. The van der Waals surface area contributed by atoms with E-state index in [0.717, 1.165) is 5.56 Å². The molecule has 0 aliphatic rings. The lowest BCUT2D eigenvalue weighted by atomic mass is 10.1. The van der Waals surface area contributed by atoms with Crippen molar-refractivity contribution < 1.29 is 9.18 Å². The summed E-state index contributed by atoms with van der Waals surface area (Å²) in [6.45, 7) is 3.75. The van der Waals surface area contributed by atoms with E-state index in [4.69, 9.17) is 0 Å². The van der Waals surface area contributed by atoms with Crippen molar-refractivity contribution in [2.45, 2.75) is 19.9 Å². The average molecular weight is 388 g/mol. The molecule has 6 heteroatoms. The molecule has 0 saturated heterocycles. The molecule has 0 saturated carbocycles. The van der Waals surface area contributed by atoms with Gasteiger partial charge in [0, 0.05) is 12.4 Å². The maximum atomic E-state index is 13.4. The fraction of sp³-hybridized carbons (Fsp3) is 0.130. The summed E-state index contributed by atoms with van der Waals surface area (Å²) in [6, 6.07) is 19.4. The Morgan fingerprint density at radius 2 is 1.66 bits per heavy atom. The van der Waals surface area contributed by atoms with E-state index in [-0.39, 0.29) is 17.8 Å². The highest BCUT2D eigenvalue weighted by Gasteiger charge is 2.24. The van der Waals surface area contributed by atoms with Crippen molar-refractivity contribution in [1.82, 2.24) is 19.7 Å². The van der Waals surface area contributed by atoms with E-state index >= 15 is 0 Å². The molecular weight excluding hydrogens is 367 g/mol. The highest BCUT2D eigenvalue weighted by Crippen LogP contribution is 2.24. The number of benzene rings is 2. The van der Waals surface area contributed by atoms with Gasteiger partial charge in [-0.05, 0) is 55.8 Å². The zero-order chi connectivity index (χ0) is 20.4. The van der Waals surface area contributed by atoms with E-state index in [9.17, 15) is 9.18 Å². The molecule has 1 N–H and O–H groups in total. The van der Waals surface area contributed by atoms with Crippen LogP contribution in [0.3, 0.4) is 0 Å². The first kappa shape index (κ1) is 18.7. The van der Waals surface area contributed by atoms with Crippen molar-refractivity contribution >= 4 is 5.91 Å². The van der Waals surface area contributed by atoms with Crippen LogP contribution < -0.4 is 5.32 Å². The summed E-state index contributed by atoms with van der Waals surface area (Å²) >= 11 is 0. The number of carbonyl (C=O) groups excluding carboxylic acids is 1. The minimum atomic E-state index is -0.324. The van der Waals surface area contributed by atoms with Gasteiger partial charge in [0.2, 0.25) is 0 Å². The molecule has 1 amide bonds. The second-order valence-corrected chi connectivity index (χ2v) is 6.87. The third-order valence-corrected chi connectivity index (χ3v) is 4.83. The van der Waals surface area contributed by atoms with Gasteiger partial charge in [-0.2, -0.15) is 5.10 Å². The molecule has 5 nitrogen and oxygen atoms in total. The van der Waals surface area contributed by atoms with E-state index in [1.54, 1.807) is 23.7 Å². The molecule has 0 unspecified atom stereocenters. The van der Waals surface area contributed by atoms with Crippen molar-refractivity contribution in [2.24, 2.45) is 0 Å². The number of nitrogens with one attached hydrogen (secondary N) is 1. The lowest BCUT2D eigenvalue weighted by Crippen LogP contribution is -2.28. The molecule has 2 heterocycles. The van der Waals surface area contributed by atoms with E-state index in [1.165, 1.54) is 12.1 Å². The maximum Gasteiger partial charge on any atom is 0.257 e. The number of halogens is 1. The van der Waals surface area contributed by atoms with Gasteiger partial charge >= 0.3 is 0 Å². The van der Waals surface area contributed by atoms with Crippen molar-refractivity contribution in [1.29, 1.82) is 0 Å². The van der Waals surface area contributed by atoms with Crippen LogP contribution in [0.2, 0.25) is 0 Å². The summed E-state index contributed by atoms with van der Waals surface area (Å²) < 4.78 is 16.9. The van der Waals surface area contributed by atoms with Crippen LogP contribution in [-0.4, -0.2) is 20.3 Å². The van der Waals surface area contributed by atoms with E-state index in [1.807, 2.05) is 66.3 Å². The molecule has 29 heavy (non-hydrogen) atoms. The Hall–Kier alpha value is -3.67. The Morgan fingerprint density at radius 1 is 1.00 bits per heavy atom. The van der Waals surface area contributed by atoms with Crippen LogP contribution in [0.25, 0.3) is 11.5 Å². The first-order valence-corrected chi connectivity index (χ1v) is 9.39. The molecule has 0 spiro atoms. The first-order chi connectivity index (χ1) is 14.0. The Bertz CT molecular complexity index is 1120. The lowest BCUT2D eigenvalue weighted by molar-refractivity contribution is 0.0939. The third kappa shape index (κ3) is 3.69. The van der Waals surface area contributed by atoms with Gasteiger partial charge < -0.3 is 9.88 Å². The smallest absolute Gasteiger partial charge is 0.257 e. The van der Waals surface area contributed by atoms with Crippen LogP contribution in [0, 0.1) is 12.7 Å². The third-order valence-electron chi connectivity index (χ3n) is 4.83. The van der Waals surface area contributed by atoms with Crippen LogP contribution in [-0.2, 0) is 0 Å². The summed E-state index contributed by atoms with van der Waals surface area (Å²) in [5.41, 5.74) is 2.77. The van der Waals surface area contributed by atoms with E-state index < -0.39 is 0 Å². The summed E-state index contributed by atoms with van der Waals surface area (Å²) in [6.07, 6.45) is 3.71. The quantitative estimate of drug-likeness (QED) is 0.543. The fourth-order valence-electron chi connectivity index (χ4n) is 3.35. The maximum absolute atomic E-state index is 13.4. The minimum absolute atomic E-state index is 0.158. The number of aromatic nitrogens is 3. The van der Waals surface area contributed by atoms with Crippen molar-refractivity contribution in [3.63, 3.8) is 0 Å². The zero-order valence-electron chi connectivity index (χ0n) is 16.2. The number of hydrogen-bond acceptors (Lipinski definition) is 2. The Kier molecular flexibility index (Phi) is 4.99. The summed E-state index contributed by atoms with van der Waals surface area (Å²) in [5, 5.41) is 7.64.